The third-order valence-electron chi connectivity index (χ3n) is 3.81. The van der Waals surface area contributed by atoms with Crippen molar-refractivity contribution >= 4 is 11.8 Å². The van der Waals surface area contributed by atoms with E-state index in [4.69, 9.17) is 0 Å². The third kappa shape index (κ3) is 3.93. The lowest BCUT2D eigenvalue weighted by Gasteiger charge is -2.27. The Bertz CT molecular complexity index is 454. The standard InChI is InChI=1S/C15H22N2O3/c1-20-14(18)12-6-9-16-13(10-12)17-11-15(19)7-4-2-3-5-8-15/h6,9-10,19H,2-5,7-8,11H2,1H3,(H,16,17). The molecule has 1 aromatic heterocycles. The Morgan fingerprint density at radius 3 is 2.75 bits per heavy atom. The van der Waals surface area contributed by atoms with Crippen molar-refractivity contribution in [1.82, 2.24) is 4.98 Å². The molecule has 0 bridgehead atoms. The van der Waals surface area contributed by atoms with E-state index in [1.165, 1.54) is 20.0 Å². The summed E-state index contributed by atoms with van der Waals surface area (Å²) in [6.45, 7) is 0.463. The number of carbonyl (C=O) groups is 1. The second kappa shape index (κ2) is 6.70. The molecule has 0 saturated heterocycles. The van der Waals surface area contributed by atoms with Gasteiger partial charge in [0.15, 0.2) is 0 Å². The second-order valence-corrected chi connectivity index (χ2v) is 5.41. The number of aromatic nitrogens is 1. The number of hydrogen-bond acceptors (Lipinski definition) is 5. The maximum Gasteiger partial charge on any atom is 0.338 e. The number of nitrogens with zero attached hydrogens (tertiary/aromatic N) is 1. The fraction of sp³-hybridized carbons (Fsp3) is 0.600. The minimum absolute atomic E-state index is 0.386. The van der Waals surface area contributed by atoms with Crippen molar-refractivity contribution in [1.29, 1.82) is 0 Å². The van der Waals surface area contributed by atoms with E-state index in [1.807, 2.05) is 0 Å². The summed E-state index contributed by atoms with van der Waals surface area (Å²) in [5.41, 5.74) is -0.211. The largest absolute Gasteiger partial charge is 0.465 e. The Morgan fingerprint density at radius 1 is 1.40 bits per heavy atom. The minimum atomic E-state index is -0.667. The van der Waals surface area contributed by atoms with E-state index in [-0.39, 0.29) is 5.97 Å². The number of hydrogen-bond donors (Lipinski definition) is 2. The molecule has 0 unspecified atom stereocenters. The SMILES string of the molecule is COC(=O)c1ccnc(NCC2(O)CCCCCC2)c1. The summed E-state index contributed by atoms with van der Waals surface area (Å²) in [4.78, 5) is 15.6. The van der Waals surface area contributed by atoms with Crippen LogP contribution in [0.4, 0.5) is 5.82 Å². The molecule has 1 aliphatic carbocycles. The van der Waals surface area contributed by atoms with Crippen LogP contribution in [0.25, 0.3) is 0 Å². The molecule has 2 N–H and O–H groups in total. The molecule has 1 aromatic rings. The fourth-order valence-corrected chi connectivity index (χ4v) is 2.59. The zero-order chi connectivity index (χ0) is 14.4. The van der Waals surface area contributed by atoms with Gasteiger partial charge >= 0.3 is 5.97 Å². The van der Waals surface area contributed by atoms with Crippen molar-refractivity contribution in [3.63, 3.8) is 0 Å². The summed E-state index contributed by atoms with van der Waals surface area (Å²) in [7, 11) is 1.35. The Balaban J connectivity index is 1.97. The van der Waals surface area contributed by atoms with Gasteiger partial charge in [0.25, 0.3) is 0 Å². The van der Waals surface area contributed by atoms with Crippen LogP contribution in [-0.4, -0.2) is 35.3 Å². The average Bonchev–Trinajstić information content (AvgIpc) is 2.70. The summed E-state index contributed by atoms with van der Waals surface area (Å²) in [5.74, 6) is 0.203. The van der Waals surface area contributed by atoms with E-state index in [9.17, 15) is 9.90 Å². The van der Waals surface area contributed by atoms with E-state index in [2.05, 4.69) is 15.0 Å². The van der Waals surface area contributed by atoms with Gasteiger partial charge in [-0.2, -0.15) is 0 Å². The lowest BCUT2D eigenvalue weighted by Crippen LogP contribution is -2.36. The van der Waals surface area contributed by atoms with Gasteiger partial charge in [-0.05, 0) is 25.0 Å². The number of ether oxygens (including phenoxy) is 1. The quantitative estimate of drug-likeness (QED) is 0.653. The van der Waals surface area contributed by atoms with Crippen LogP contribution in [0.5, 0.6) is 0 Å². The number of aliphatic hydroxyl groups is 1. The first-order valence-electron chi connectivity index (χ1n) is 7.14. The van der Waals surface area contributed by atoms with E-state index in [0.717, 1.165) is 25.7 Å². The maximum absolute atomic E-state index is 11.5. The number of esters is 1. The van der Waals surface area contributed by atoms with Crippen LogP contribution in [0.3, 0.4) is 0 Å². The molecule has 0 aromatic carbocycles. The van der Waals surface area contributed by atoms with Crippen LogP contribution < -0.4 is 5.32 Å². The molecule has 5 heteroatoms. The van der Waals surface area contributed by atoms with Gasteiger partial charge in [-0.1, -0.05) is 25.7 Å². The van der Waals surface area contributed by atoms with E-state index >= 15 is 0 Å². The predicted octanol–water partition coefficient (Wildman–Crippen LogP) is 2.37. The zero-order valence-corrected chi connectivity index (χ0v) is 11.9. The van der Waals surface area contributed by atoms with Gasteiger partial charge in [-0.3, -0.25) is 0 Å². The highest BCUT2D eigenvalue weighted by molar-refractivity contribution is 5.89. The normalized spacial score (nSPS) is 18.1. The number of pyridine rings is 1. The Kier molecular flexibility index (Phi) is 4.95. The van der Waals surface area contributed by atoms with Crippen LogP contribution >= 0.6 is 0 Å². The van der Waals surface area contributed by atoms with Crippen LogP contribution in [-0.2, 0) is 4.74 Å². The number of nitrogens with one attached hydrogen (secondary N) is 1. The lowest BCUT2D eigenvalue weighted by atomic mass is 9.94. The summed E-state index contributed by atoms with van der Waals surface area (Å²) >= 11 is 0. The van der Waals surface area contributed by atoms with E-state index in [0.29, 0.717) is 17.9 Å². The van der Waals surface area contributed by atoms with Crippen molar-refractivity contribution < 1.29 is 14.6 Å². The Labute approximate surface area is 119 Å². The molecule has 0 spiro atoms. The average molecular weight is 278 g/mol. The van der Waals surface area contributed by atoms with Crippen molar-refractivity contribution in [2.45, 2.75) is 44.1 Å². The molecule has 2 rings (SSSR count). The molecule has 0 aliphatic heterocycles. The molecule has 1 aliphatic rings. The number of anilines is 1. The van der Waals surface area contributed by atoms with Crippen LogP contribution in [0.2, 0.25) is 0 Å². The van der Waals surface area contributed by atoms with Gasteiger partial charge in [0.2, 0.25) is 0 Å². The Morgan fingerprint density at radius 2 is 2.10 bits per heavy atom. The van der Waals surface area contributed by atoms with Gasteiger partial charge < -0.3 is 15.2 Å². The lowest BCUT2D eigenvalue weighted by molar-refractivity contribution is 0.0380. The molecule has 0 atom stereocenters. The van der Waals surface area contributed by atoms with Crippen molar-refractivity contribution in [3.05, 3.63) is 23.9 Å². The van der Waals surface area contributed by atoms with Gasteiger partial charge in [0.1, 0.15) is 5.82 Å². The van der Waals surface area contributed by atoms with Gasteiger partial charge in [0, 0.05) is 12.7 Å². The summed E-state index contributed by atoms with van der Waals surface area (Å²) < 4.78 is 4.68. The fourth-order valence-electron chi connectivity index (χ4n) is 2.59. The molecule has 110 valence electrons. The zero-order valence-electron chi connectivity index (χ0n) is 11.9. The Hall–Kier alpha value is -1.62. The van der Waals surface area contributed by atoms with E-state index in [1.54, 1.807) is 18.3 Å². The second-order valence-electron chi connectivity index (χ2n) is 5.41. The highest BCUT2D eigenvalue weighted by atomic mass is 16.5. The first-order valence-corrected chi connectivity index (χ1v) is 7.14. The highest BCUT2D eigenvalue weighted by Gasteiger charge is 2.27. The summed E-state index contributed by atoms with van der Waals surface area (Å²) in [5, 5.41) is 13.7. The van der Waals surface area contributed by atoms with Gasteiger partial charge in [-0.25, -0.2) is 9.78 Å². The smallest absolute Gasteiger partial charge is 0.338 e. The van der Waals surface area contributed by atoms with Crippen LogP contribution in [0.1, 0.15) is 48.9 Å². The molecule has 1 saturated carbocycles. The summed E-state index contributed by atoms with van der Waals surface area (Å²) in [6, 6.07) is 3.25. The number of rotatable bonds is 4. The molecule has 0 amide bonds. The molecule has 1 fully saturated rings. The van der Waals surface area contributed by atoms with E-state index < -0.39 is 5.60 Å². The molecular formula is C15H22N2O3. The van der Waals surface area contributed by atoms with Gasteiger partial charge in [-0.15, -0.1) is 0 Å². The number of carbonyl (C=O) groups excluding carboxylic acids is 1. The topological polar surface area (TPSA) is 71.5 Å². The predicted molar refractivity (Wildman–Crippen MR) is 76.7 cm³/mol. The van der Waals surface area contributed by atoms with Crippen LogP contribution in [0.15, 0.2) is 18.3 Å². The monoisotopic (exact) mass is 278 g/mol. The molecule has 0 radical (unpaired) electrons. The number of methoxy groups -OCH3 is 1. The molecule has 1 heterocycles. The highest BCUT2D eigenvalue weighted by Crippen LogP contribution is 2.27. The maximum atomic E-state index is 11.5. The van der Waals surface area contributed by atoms with Crippen molar-refractivity contribution in [2.24, 2.45) is 0 Å². The van der Waals surface area contributed by atoms with Crippen LogP contribution in [0, 0.1) is 0 Å². The first kappa shape index (κ1) is 14.8. The first-order chi connectivity index (χ1) is 9.63. The molecule has 5 nitrogen and oxygen atoms in total. The van der Waals surface area contributed by atoms with Gasteiger partial charge in [0.05, 0.1) is 18.3 Å². The van der Waals surface area contributed by atoms with Crippen molar-refractivity contribution in [3.8, 4) is 0 Å². The molecular weight excluding hydrogens is 256 g/mol. The minimum Gasteiger partial charge on any atom is -0.465 e. The van der Waals surface area contributed by atoms with Crippen molar-refractivity contribution in [2.75, 3.05) is 19.0 Å². The summed E-state index contributed by atoms with van der Waals surface area (Å²) in [6.07, 6.45) is 7.71. The third-order valence-corrected chi connectivity index (χ3v) is 3.81. The molecule has 20 heavy (non-hydrogen) atoms.